The van der Waals surface area contributed by atoms with Gasteiger partial charge in [-0.25, -0.2) is 0 Å². The van der Waals surface area contributed by atoms with Crippen LogP contribution in [0.3, 0.4) is 0 Å². The van der Waals surface area contributed by atoms with Crippen LogP contribution in [0, 0.1) is 13.8 Å². The maximum atomic E-state index is 6.07. The molecule has 2 aromatic carbocycles. The van der Waals surface area contributed by atoms with E-state index in [2.05, 4.69) is 67.7 Å². The highest BCUT2D eigenvalue weighted by Gasteiger charge is 2.24. The van der Waals surface area contributed by atoms with Crippen LogP contribution in [0.4, 0.5) is 0 Å². The Kier molecular flexibility index (Phi) is 5.14. The first-order valence-electron chi connectivity index (χ1n) is 8.77. The molecule has 1 aliphatic carbocycles. The number of hydrogen-bond donors (Lipinski definition) is 2. The van der Waals surface area contributed by atoms with E-state index in [0.29, 0.717) is 12.1 Å². The topological polar surface area (TPSA) is 38.0 Å². The van der Waals surface area contributed by atoms with E-state index in [1.807, 2.05) is 0 Å². The van der Waals surface area contributed by atoms with E-state index in [-0.39, 0.29) is 6.04 Å². The molecule has 0 saturated heterocycles. The van der Waals surface area contributed by atoms with E-state index in [9.17, 15) is 0 Å². The summed E-state index contributed by atoms with van der Waals surface area (Å²) in [6.07, 6.45) is 4.61. The zero-order chi connectivity index (χ0) is 16.2. The molecule has 1 saturated carbocycles. The summed E-state index contributed by atoms with van der Waals surface area (Å²) < 4.78 is 0. The molecule has 2 nitrogen and oxygen atoms in total. The van der Waals surface area contributed by atoms with Crippen LogP contribution in [0.5, 0.6) is 0 Å². The molecule has 122 valence electrons. The summed E-state index contributed by atoms with van der Waals surface area (Å²) in [4.78, 5) is 0. The molecule has 0 aliphatic heterocycles. The lowest BCUT2D eigenvalue weighted by Crippen LogP contribution is -2.39. The predicted molar refractivity (Wildman–Crippen MR) is 97.6 cm³/mol. The first-order valence-corrected chi connectivity index (χ1v) is 8.77. The van der Waals surface area contributed by atoms with Gasteiger partial charge < -0.3 is 11.1 Å². The predicted octanol–water partition coefficient (Wildman–Crippen LogP) is 4.25. The summed E-state index contributed by atoms with van der Waals surface area (Å²) in [5.41, 5.74) is 11.5. The number of nitrogens with two attached hydrogens (primary N) is 1. The summed E-state index contributed by atoms with van der Waals surface area (Å²) in [6, 6.07) is 18.8. The zero-order valence-electron chi connectivity index (χ0n) is 14.3. The van der Waals surface area contributed by atoms with E-state index >= 15 is 0 Å². The Morgan fingerprint density at radius 3 is 2.35 bits per heavy atom. The molecule has 0 amide bonds. The largest absolute Gasteiger partial charge is 0.328 e. The zero-order valence-corrected chi connectivity index (χ0v) is 14.3. The average Bonchev–Trinajstić information content (AvgIpc) is 2.57. The Labute approximate surface area is 140 Å². The summed E-state index contributed by atoms with van der Waals surface area (Å²) >= 11 is 0. The summed E-state index contributed by atoms with van der Waals surface area (Å²) in [7, 11) is 0. The SMILES string of the molecule is Cc1ccc(C)c(C(NC2CCC(N)CC2)c2ccccc2)c1. The fraction of sp³-hybridized carbons (Fsp3) is 0.429. The van der Waals surface area contributed by atoms with Crippen molar-refractivity contribution in [1.29, 1.82) is 0 Å². The second kappa shape index (κ2) is 7.29. The van der Waals surface area contributed by atoms with Crippen molar-refractivity contribution < 1.29 is 0 Å². The standard InChI is InChI=1S/C21H28N2/c1-15-8-9-16(2)20(14-15)21(17-6-4-3-5-7-17)23-19-12-10-18(22)11-13-19/h3-9,14,18-19,21,23H,10-13,22H2,1-2H3. The Morgan fingerprint density at radius 2 is 1.65 bits per heavy atom. The van der Waals surface area contributed by atoms with Crippen LogP contribution in [0.25, 0.3) is 0 Å². The lowest BCUT2D eigenvalue weighted by atomic mass is 9.88. The van der Waals surface area contributed by atoms with Crippen LogP contribution in [0.15, 0.2) is 48.5 Å². The fourth-order valence-electron chi connectivity index (χ4n) is 3.60. The van der Waals surface area contributed by atoms with Gasteiger partial charge in [0.2, 0.25) is 0 Å². The molecule has 1 aliphatic rings. The molecule has 0 aromatic heterocycles. The Balaban J connectivity index is 1.89. The monoisotopic (exact) mass is 308 g/mol. The highest BCUT2D eigenvalue weighted by atomic mass is 15.0. The molecular formula is C21H28N2. The van der Waals surface area contributed by atoms with Gasteiger partial charge in [-0.15, -0.1) is 0 Å². The minimum atomic E-state index is 0.260. The van der Waals surface area contributed by atoms with Crippen LogP contribution >= 0.6 is 0 Å². The lowest BCUT2D eigenvalue weighted by Gasteiger charge is -2.32. The highest BCUT2D eigenvalue weighted by Crippen LogP contribution is 2.29. The molecule has 3 rings (SSSR count). The Morgan fingerprint density at radius 1 is 0.957 bits per heavy atom. The van der Waals surface area contributed by atoms with Gasteiger partial charge in [-0.3, -0.25) is 0 Å². The average molecular weight is 308 g/mol. The quantitative estimate of drug-likeness (QED) is 0.886. The van der Waals surface area contributed by atoms with Gasteiger partial charge >= 0.3 is 0 Å². The van der Waals surface area contributed by atoms with E-state index in [4.69, 9.17) is 5.73 Å². The molecule has 23 heavy (non-hydrogen) atoms. The summed E-state index contributed by atoms with van der Waals surface area (Å²) in [5.74, 6) is 0. The minimum Gasteiger partial charge on any atom is -0.328 e. The van der Waals surface area contributed by atoms with E-state index < -0.39 is 0 Å². The van der Waals surface area contributed by atoms with Gasteiger partial charge in [0.05, 0.1) is 6.04 Å². The first-order chi connectivity index (χ1) is 11.1. The van der Waals surface area contributed by atoms with Crippen LogP contribution < -0.4 is 11.1 Å². The number of aryl methyl sites for hydroxylation is 2. The van der Waals surface area contributed by atoms with Crippen LogP contribution in [0.1, 0.15) is 54.0 Å². The van der Waals surface area contributed by atoms with Crippen molar-refractivity contribution in [2.45, 2.75) is 57.7 Å². The van der Waals surface area contributed by atoms with Crippen molar-refractivity contribution in [3.63, 3.8) is 0 Å². The third-order valence-corrected chi connectivity index (χ3v) is 5.05. The van der Waals surface area contributed by atoms with Crippen molar-refractivity contribution in [1.82, 2.24) is 5.32 Å². The molecule has 2 heteroatoms. The number of nitrogens with one attached hydrogen (secondary N) is 1. The molecule has 3 N–H and O–H groups in total. The van der Waals surface area contributed by atoms with Crippen molar-refractivity contribution in [3.05, 3.63) is 70.8 Å². The van der Waals surface area contributed by atoms with Crippen LogP contribution in [-0.4, -0.2) is 12.1 Å². The van der Waals surface area contributed by atoms with Crippen molar-refractivity contribution >= 4 is 0 Å². The molecule has 0 bridgehead atoms. The number of benzene rings is 2. The first kappa shape index (κ1) is 16.2. The van der Waals surface area contributed by atoms with Gasteiger partial charge in [-0.2, -0.15) is 0 Å². The summed E-state index contributed by atoms with van der Waals surface area (Å²) in [5, 5.41) is 3.92. The number of rotatable bonds is 4. The lowest BCUT2D eigenvalue weighted by molar-refractivity contribution is 0.328. The van der Waals surface area contributed by atoms with Crippen molar-refractivity contribution in [2.24, 2.45) is 5.73 Å². The van der Waals surface area contributed by atoms with Gasteiger partial charge in [0, 0.05) is 12.1 Å². The van der Waals surface area contributed by atoms with E-state index in [1.54, 1.807) is 0 Å². The number of hydrogen-bond acceptors (Lipinski definition) is 2. The third kappa shape index (κ3) is 4.01. The normalized spacial score (nSPS) is 22.7. The molecular weight excluding hydrogens is 280 g/mol. The van der Waals surface area contributed by atoms with Crippen LogP contribution in [-0.2, 0) is 0 Å². The van der Waals surface area contributed by atoms with Gasteiger partial charge in [0.25, 0.3) is 0 Å². The second-order valence-electron chi connectivity index (χ2n) is 6.98. The minimum absolute atomic E-state index is 0.260. The second-order valence-corrected chi connectivity index (χ2v) is 6.98. The highest BCUT2D eigenvalue weighted by molar-refractivity contribution is 5.39. The molecule has 1 atom stereocenters. The van der Waals surface area contributed by atoms with Crippen LogP contribution in [0.2, 0.25) is 0 Å². The third-order valence-electron chi connectivity index (χ3n) is 5.05. The Hall–Kier alpha value is -1.64. The molecule has 1 fully saturated rings. The maximum absolute atomic E-state index is 6.07. The summed E-state index contributed by atoms with van der Waals surface area (Å²) in [6.45, 7) is 4.38. The smallest absolute Gasteiger partial charge is 0.0581 e. The van der Waals surface area contributed by atoms with Crippen molar-refractivity contribution in [3.8, 4) is 0 Å². The fourth-order valence-corrected chi connectivity index (χ4v) is 3.60. The van der Waals surface area contributed by atoms with Gasteiger partial charge in [-0.05, 0) is 56.2 Å². The van der Waals surface area contributed by atoms with Crippen molar-refractivity contribution in [2.75, 3.05) is 0 Å². The Bertz CT molecular complexity index is 628. The molecule has 1 unspecified atom stereocenters. The van der Waals surface area contributed by atoms with Gasteiger partial charge in [0.15, 0.2) is 0 Å². The van der Waals surface area contributed by atoms with Gasteiger partial charge in [0.1, 0.15) is 0 Å². The molecule has 0 heterocycles. The molecule has 0 radical (unpaired) electrons. The van der Waals surface area contributed by atoms with E-state index in [1.165, 1.54) is 35.1 Å². The molecule has 0 spiro atoms. The van der Waals surface area contributed by atoms with E-state index in [0.717, 1.165) is 12.8 Å². The molecule has 2 aromatic rings. The maximum Gasteiger partial charge on any atom is 0.0581 e. The van der Waals surface area contributed by atoms with Gasteiger partial charge in [-0.1, -0.05) is 54.1 Å².